The van der Waals surface area contributed by atoms with Gasteiger partial charge in [0.15, 0.2) is 0 Å². The number of Topliss-reactive ketones (excluding diaryl/α,β-unsaturated/α-hetero) is 1. The maximum atomic E-state index is 12.6. The SMILES string of the molecule is CC1=C2CC[C@]3(C)CCCC(=O)[C@H]3[C@H](O)[C@H](CC1)C2(C)C. The Hall–Kier alpha value is -0.630. The van der Waals surface area contributed by atoms with E-state index in [4.69, 9.17) is 0 Å². The molecule has 0 amide bonds. The summed E-state index contributed by atoms with van der Waals surface area (Å²) >= 11 is 0. The second kappa shape index (κ2) is 4.94. The number of fused-ring (bicyclic) bond motifs is 3. The Balaban J connectivity index is 2.07. The number of ketones is 1. The van der Waals surface area contributed by atoms with Crippen LogP contribution in [-0.4, -0.2) is 17.0 Å². The Bertz CT molecular complexity index is 488. The average molecular weight is 290 g/mol. The number of hydrogen-bond acceptors (Lipinski definition) is 2. The minimum absolute atomic E-state index is 0.00632. The van der Waals surface area contributed by atoms with Gasteiger partial charge in [-0.1, -0.05) is 31.9 Å². The minimum Gasteiger partial charge on any atom is -0.392 e. The van der Waals surface area contributed by atoms with Crippen molar-refractivity contribution in [1.82, 2.24) is 0 Å². The molecule has 3 aliphatic carbocycles. The maximum absolute atomic E-state index is 12.6. The summed E-state index contributed by atoms with van der Waals surface area (Å²) < 4.78 is 0. The Kier molecular flexibility index (Phi) is 3.59. The highest BCUT2D eigenvalue weighted by Gasteiger charge is 2.53. The van der Waals surface area contributed by atoms with Gasteiger partial charge in [-0.15, -0.1) is 0 Å². The molecule has 0 saturated heterocycles. The van der Waals surface area contributed by atoms with Gasteiger partial charge in [-0.2, -0.15) is 0 Å². The third-order valence-corrected chi connectivity index (χ3v) is 7.02. The molecule has 2 bridgehead atoms. The van der Waals surface area contributed by atoms with Gasteiger partial charge in [0.1, 0.15) is 5.78 Å². The predicted octanol–water partition coefficient (Wildman–Crippen LogP) is 4.27. The first kappa shape index (κ1) is 15.3. The quantitative estimate of drug-likeness (QED) is 0.676. The fourth-order valence-corrected chi connectivity index (χ4v) is 5.68. The molecule has 3 rings (SSSR count). The predicted molar refractivity (Wildman–Crippen MR) is 84.9 cm³/mol. The first-order valence-corrected chi connectivity index (χ1v) is 8.67. The van der Waals surface area contributed by atoms with Crippen molar-refractivity contribution in [1.29, 1.82) is 0 Å². The first-order chi connectivity index (χ1) is 9.77. The van der Waals surface area contributed by atoms with Crippen LogP contribution in [-0.2, 0) is 4.79 Å². The molecule has 1 N–H and O–H groups in total. The lowest BCUT2D eigenvalue weighted by Gasteiger charge is -2.53. The summed E-state index contributed by atoms with van der Waals surface area (Å²) in [7, 11) is 0. The molecule has 0 radical (unpaired) electrons. The van der Waals surface area contributed by atoms with Gasteiger partial charge in [0.25, 0.3) is 0 Å². The Morgan fingerprint density at radius 1 is 1.10 bits per heavy atom. The zero-order chi connectivity index (χ0) is 15.4. The highest BCUT2D eigenvalue weighted by Crippen LogP contribution is 2.56. The van der Waals surface area contributed by atoms with Crippen LogP contribution in [0.4, 0.5) is 0 Å². The standard InChI is InChI=1S/C19H30O2/c1-12-7-8-14-17(21)16-15(20)6-5-10-19(16,4)11-9-13(12)18(14,2)3/h14,16-17,21H,5-11H2,1-4H3/t14-,16-,17+,19-/m0/s1. The van der Waals surface area contributed by atoms with Crippen molar-refractivity contribution in [2.75, 3.05) is 0 Å². The van der Waals surface area contributed by atoms with E-state index in [1.54, 1.807) is 5.57 Å². The van der Waals surface area contributed by atoms with E-state index in [2.05, 4.69) is 27.7 Å². The third-order valence-electron chi connectivity index (χ3n) is 7.02. The zero-order valence-electron chi connectivity index (χ0n) is 14.0. The molecule has 2 nitrogen and oxygen atoms in total. The minimum atomic E-state index is -0.457. The molecule has 3 aliphatic rings. The number of carbonyl (C=O) groups is 1. The van der Waals surface area contributed by atoms with E-state index in [9.17, 15) is 9.90 Å². The van der Waals surface area contributed by atoms with Crippen LogP contribution in [0.3, 0.4) is 0 Å². The number of hydrogen-bond donors (Lipinski definition) is 1. The van der Waals surface area contributed by atoms with Gasteiger partial charge in [-0.3, -0.25) is 4.79 Å². The van der Waals surface area contributed by atoms with Gasteiger partial charge in [0, 0.05) is 12.3 Å². The molecule has 4 atom stereocenters. The van der Waals surface area contributed by atoms with Crippen LogP contribution in [0.1, 0.15) is 72.6 Å². The lowest BCUT2D eigenvalue weighted by Crippen LogP contribution is -2.53. The molecule has 2 fully saturated rings. The lowest BCUT2D eigenvalue weighted by molar-refractivity contribution is -0.144. The van der Waals surface area contributed by atoms with E-state index in [1.165, 1.54) is 5.57 Å². The van der Waals surface area contributed by atoms with Gasteiger partial charge in [-0.05, 0) is 62.2 Å². The van der Waals surface area contributed by atoms with Crippen LogP contribution in [0.25, 0.3) is 0 Å². The summed E-state index contributed by atoms with van der Waals surface area (Å²) in [5.74, 6) is 0.431. The fraction of sp³-hybridized carbons (Fsp3) is 0.842. The summed E-state index contributed by atoms with van der Waals surface area (Å²) in [6.45, 7) is 9.10. The van der Waals surface area contributed by atoms with Crippen molar-refractivity contribution in [3.8, 4) is 0 Å². The molecule has 0 aromatic heterocycles. The second-order valence-corrected chi connectivity index (χ2v) is 8.57. The molecule has 0 aromatic carbocycles. The highest BCUT2D eigenvalue weighted by molar-refractivity contribution is 5.83. The summed E-state index contributed by atoms with van der Waals surface area (Å²) in [6, 6.07) is 0. The number of rotatable bonds is 0. The molecule has 21 heavy (non-hydrogen) atoms. The lowest BCUT2D eigenvalue weighted by atomic mass is 9.52. The number of aliphatic hydroxyl groups excluding tert-OH is 1. The molecule has 0 heterocycles. The third kappa shape index (κ3) is 2.21. The Morgan fingerprint density at radius 3 is 2.52 bits per heavy atom. The van der Waals surface area contributed by atoms with Crippen molar-refractivity contribution in [2.24, 2.45) is 22.7 Å². The maximum Gasteiger partial charge on any atom is 0.139 e. The van der Waals surface area contributed by atoms with Crippen LogP contribution in [0, 0.1) is 22.7 Å². The van der Waals surface area contributed by atoms with Crippen molar-refractivity contribution in [2.45, 2.75) is 78.7 Å². The summed E-state index contributed by atoms with van der Waals surface area (Å²) in [6.07, 6.45) is 6.62. The van der Waals surface area contributed by atoms with Crippen LogP contribution in [0.2, 0.25) is 0 Å². The van der Waals surface area contributed by atoms with Crippen molar-refractivity contribution >= 4 is 5.78 Å². The topological polar surface area (TPSA) is 37.3 Å². The normalized spacial score (nSPS) is 43.1. The van der Waals surface area contributed by atoms with Gasteiger partial charge >= 0.3 is 0 Å². The molecule has 2 heteroatoms. The van der Waals surface area contributed by atoms with Crippen molar-refractivity contribution < 1.29 is 9.90 Å². The van der Waals surface area contributed by atoms with E-state index in [1.807, 2.05) is 0 Å². The summed E-state index contributed by atoms with van der Waals surface area (Å²) in [4.78, 5) is 12.6. The van der Waals surface area contributed by atoms with E-state index in [-0.39, 0.29) is 22.7 Å². The van der Waals surface area contributed by atoms with Gasteiger partial charge in [0.05, 0.1) is 6.10 Å². The highest BCUT2D eigenvalue weighted by atomic mass is 16.3. The van der Waals surface area contributed by atoms with Crippen LogP contribution >= 0.6 is 0 Å². The van der Waals surface area contributed by atoms with E-state index in [0.29, 0.717) is 12.2 Å². The monoisotopic (exact) mass is 290 g/mol. The van der Waals surface area contributed by atoms with Gasteiger partial charge < -0.3 is 5.11 Å². The molecule has 0 spiro atoms. The second-order valence-electron chi connectivity index (χ2n) is 8.57. The van der Waals surface area contributed by atoms with Gasteiger partial charge in [-0.25, -0.2) is 0 Å². The van der Waals surface area contributed by atoms with E-state index >= 15 is 0 Å². The van der Waals surface area contributed by atoms with E-state index < -0.39 is 6.10 Å². The zero-order valence-corrected chi connectivity index (χ0v) is 14.0. The number of allylic oxidation sites excluding steroid dienone is 2. The number of aliphatic hydroxyl groups is 1. The van der Waals surface area contributed by atoms with Crippen LogP contribution in [0.5, 0.6) is 0 Å². The Labute approximate surface area is 129 Å². The largest absolute Gasteiger partial charge is 0.392 e. The first-order valence-electron chi connectivity index (χ1n) is 8.67. The van der Waals surface area contributed by atoms with Crippen molar-refractivity contribution in [3.05, 3.63) is 11.1 Å². The summed E-state index contributed by atoms with van der Waals surface area (Å²) in [5, 5.41) is 11.1. The smallest absolute Gasteiger partial charge is 0.139 e. The van der Waals surface area contributed by atoms with E-state index in [0.717, 1.165) is 38.5 Å². The van der Waals surface area contributed by atoms with Gasteiger partial charge in [0.2, 0.25) is 0 Å². The molecular formula is C19H30O2. The Morgan fingerprint density at radius 2 is 1.81 bits per heavy atom. The molecule has 0 unspecified atom stereocenters. The molecule has 0 aliphatic heterocycles. The van der Waals surface area contributed by atoms with Crippen LogP contribution < -0.4 is 0 Å². The molecule has 118 valence electrons. The molecule has 2 saturated carbocycles. The van der Waals surface area contributed by atoms with Crippen LogP contribution in [0.15, 0.2) is 11.1 Å². The molecular weight excluding hydrogens is 260 g/mol. The summed E-state index contributed by atoms with van der Waals surface area (Å²) in [5.41, 5.74) is 3.15. The number of carbonyl (C=O) groups excluding carboxylic acids is 1. The fourth-order valence-electron chi connectivity index (χ4n) is 5.68. The average Bonchev–Trinajstić information content (AvgIpc) is 2.36. The molecule has 0 aromatic rings. The van der Waals surface area contributed by atoms with Crippen molar-refractivity contribution in [3.63, 3.8) is 0 Å².